The second kappa shape index (κ2) is 66.1. The smallest absolute Gasteiger partial charge is 0.326 e. The summed E-state index contributed by atoms with van der Waals surface area (Å²) < 4.78 is 0. The maximum Gasteiger partial charge on any atom is 0.326 e. The summed E-state index contributed by atoms with van der Waals surface area (Å²) in [5.41, 5.74) is 21.9. The topological polar surface area (TPSA) is 902 Å². The van der Waals surface area contributed by atoms with Gasteiger partial charge in [-0.1, -0.05) is 69.2 Å². The monoisotopic (exact) mass is 2130 g/mol. The van der Waals surface area contributed by atoms with Crippen molar-refractivity contribution in [1.29, 1.82) is 5.41 Å². The number of carbonyl (C=O) groups excluding carboxylic acids is 21. The Balaban J connectivity index is 2.29. The highest BCUT2D eigenvalue weighted by molar-refractivity contribution is 7.98. The van der Waals surface area contributed by atoms with Crippen molar-refractivity contribution in [3.8, 4) is 0 Å². The molecule has 2 saturated heterocycles. The van der Waals surface area contributed by atoms with Crippen molar-refractivity contribution in [2.24, 2.45) is 52.5 Å². The van der Waals surface area contributed by atoms with Crippen LogP contribution in [0.1, 0.15) is 212 Å². The van der Waals surface area contributed by atoms with Gasteiger partial charge in [0.15, 0.2) is 5.96 Å². The standard InChI is InChI=1S/C91H155N25O31S/c1-42(2)34-56(106-78(134)52(22-26-64(94)122)103-77(133)53(23-27-68(126)127)102-74(130)50(92)21-25-63(93)121)81(137)105-55(29-33-148-14)80(136)104-54(24-28-69(128)129)79(135)110-60(41-117)75(131)99-38-65(123)98-39-66(124)101-51(18-15-30-97-91(95)96)76(132)107-57(35-43(3)4)82(138)112-70(46(9)10)86(142)114-73(49(13)120)89(145)115-31-16-19-61(115)84(140)100-40-67(125)111-72(48(12)119)88(144)116-32-17-20-62(116)85(141)108-58(36-44(5)6)83(139)113-71(47(11)118)87(143)109-59(90(146)147)37-45(7)8/h42-62,70-73,117-120H,15-41,92H2,1-14H3,(H2,93,121)(H2,94,122)(H,98,123)(H,99,131)(H,100,140)(H,101,124)(H,102,130)(H,103,133)(H,104,136)(H,105,137)(H,106,134)(H,107,132)(H,108,141)(H,109,143)(H,110,135)(H,111,125)(H,112,138)(H,113,139)(H,114,142)(H,126,127)(H,128,129)(H,146,147)(H4,95,96,97)/t47-,48-,49-,50+,51+,52+,53+,54+,55+,56+,57+,58+,59+,60+,61+,62+,70+,71+,72+,73+/m1/s1. The van der Waals surface area contributed by atoms with Crippen LogP contribution in [0.2, 0.25) is 0 Å². The van der Waals surface area contributed by atoms with E-state index < -0.39 is 346 Å². The fraction of sp³-hybridized carbons (Fsp3) is 0.725. The van der Waals surface area contributed by atoms with Gasteiger partial charge in [0.2, 0.25) is 124 Å². The molecule has 0 saturated carbocycles. The summed E-state index contributed by atoms with van der Waals surface area (Å²) >= 11 is 1.20. The Morgan fingerprint density at radius 1 is 0.351 bits per heavy atom. The number of rotatable bonds is 69. The number of amides is 21. The Hall–Kier alpha value is -13.3. The number of aliphatic carboxylic acids is 3. The van der Waals surface area contributed by atoms with E-state index in [9.17, 15) is 151 Å². The second-order valence-corrected chi connectivity index (χ2v) is 39.5. The van der Waals surface area contributed by atoms with Crippen LogP contribution in [0.25, 0.3) is 0 Å². The van der Waals surface area contributed by atoms with Gasteiger partial charge in [0.25, 0.3) is 0 Å². The van der Waals surface area contributed by atoms with Gasteiger partial charge in [0.1, 0.15) is 96.7 Å². The highest BCUT2D eigenvalue weighted by Crippen LogP contribution is 2.24. The van der Waals surface area contributed by atoms with Gasteiger partial charge in [-0.3, -0.25) is 116 Å². The number of nitrogens with zero attached hydrogens (tertiary/aromatic N) is 2. The van der Waals surface area contributed by atoms with E-state index in [0.29, 0.717) is 0 Å². The molecule has 836 valence electrons. The Kier molecular flexibility index (Phi) is 58.4. The minimum absolute atomic E-state index is 0.00844. The van der Waals surface area contributed by atoms with Crippen molar-refractivity contribution in [2.45, 2.75) is 333 Å². The van der Waals surface area contributed by atoms with Crippen molar-refractivity contribution in [3.05, 3.63) is 0 Å². The fourth-order valence-electron chi connectivity index (χ4n) is 15.5. The minimum Gasteiger partial charge on any atom is -0.481 e. The number of nitrogens with one attached hydrogen (secondary N) is 19. The summed E-state index contributed by atoms with van der Waals surface area (Å²) in [6.45, 7) is 16.1. The van der Waals surface area contributed by atoms with E-state index in [2.05, 4.69) is 95.7 Å². The molecule has 0 aliphatic carbocycles. The van der Waals surface area contributed by atoms with E-state index in [0.717, 1.165) is 16.7 Å². The molecule has 34 N–H and O–H groups in total. The van der Waals surface area contributed by atoms with Crippen molar-refractivity contribution >= 4 is 160 Å². The first-order valence-corrected chi connectivity index (χ1v) is 50.4. The molecular weight excluding hydrogens is 1970 g/mol. The SMILES string of the molecule is CSCC[C@H](NC(=O)[C@H](CC(C)C)NC(=O)[C@H](CCC(N)=O)NC(=O)[C@H](CCC(=O)O)NC(=O)[C@@H](N)CCC(N)=O)C(=O)N[C@@H](CCC(=O)O)C(=O)N[C@@H](CO)C(=O)NCC(=O)NCC(=O)N[C@@H](CCCNC(=N)N)C(=O)N[C@@H](CC(C)C)C(=O)N[C@H](C(=O)N[C@H](C(=O)N1CCC[C@H]1C(=O)NCC(=O)N[C@H](C(=O)N1CCC[C@H]1C(=O)N[C@@H](CC(C)C)C(=O)N[C@H](C(=O)N[C@@H](CC(C)C)C(=O)O)[C@@H](C)O)[C@@H](C)O)[C@@H](C)O)C(C)C. The third kappa shape index (κ3) is 48.1. The number of hydrogen-bond acceptors (Lipinski definition) is 31. The predicted molar refractivity (Wildman–Crippen MR) is 529 cm³/mol. The molecular formula is C91H155N25O31S. The lowest BCUT2D eigenvalue weighted by molar-refractivity contribution is -0.145. The minimum atomic E-state index is -1.94. The van der Waals surface area contributed by atoms with Crippen molar-refractivity contribution in [2.75, 3.05) is 57.9 Å². The second-order valence-electron chi connectivity index (χ2n) is 38.5. The molecule has 0 aromatic rings. The number of primary amides is 2. The summed E-state index contributed by atoms with van der Waals surface area (Å²) in [5.74, 6) is -27.8. The van der Waals surface area contributed by atoms with Gasteiger partial charge in [-0.15, -0.1) is 0 Å². The number of aliphatic hydroxyl groups excluding tert-OH is 4. The number of likely N-dealkylation sites (tertiary alicyclic amines) is 2. The molecule has 0 aromatic heterocycles. The van der Waals surface area contributed by atoms with Gasteiger partial charge < -0.3 is 164 Å². The molecule has 2 fully saturated rings. The summed E-state index contributed by atoms with van der Waals surface area (Å²) in [5, 5.41) is 123. The molecule has 0 aromatic carbocycles. The number of carboxylic acid groups (broad SMARTS) is 3. The lowest BCUT2D eigenvalue weighted by Gasteiger charge is -2.32. The maximum absolute atomic E-state index is 14.5. The van der Waals surface area contributed by atoms with Crippen LogP contribution in [0.15, 0.2) is 0 Å². The normalized spacial score (nSPS) is 17.0. The van der Waals surface area contributed by atoms with Crippen LogP contribution < -0.4 is 119 Å². The summed E-state index contributed by atoms with van der Waals surface area (Å²) in [6, 6.07) is -26.7. The van der Waals surface area contributed by atoms with Crippen LogP contribution in [0.4, 0.5) is 0 Å². The average molecular weight is 2130 g/mol. The van der Waals surface area contributed by atoms with E-state index in [1.54, 1.807) is 61.6 Å². The highest BCUT2D eigenvalue weighted by Gasteiger charge is 2.46. The largest absolute Gasteiger partial charge is 0.481 e. The first kappa shape index (κ1) is 131. The third-order valence-corrected chi connectivity index (χ3v) is 24.0. The molecule has 0 radical (unpaired) electrons. The zero-order valence-electron chi connectivity index (χ0n) is 86.1. The quantitative estimate of drug-likeness (QED) is 0.0153. The Morgan fingerprint density at radius 2 is 0.696 bits per heavy atom. The van der Waals surface area contributed by atoms with Gasteiger partial charge in [0.05, 0.1) is 50.6 Å². The third-order valence-electron chi connectivity index (χ3n) is 23.3. The Bertz CT molecular complexity index is 4580. The molecule has 0 bridgehead atoms. The molecule has 148 heavy (non-hydrogen) atoms. The molecule has 21 amide bonds. The predicted octanol–water partition coefficient (Wildman–Crippen LogP) is -10.2. The Labute approximate surface area is 861 Å². The molecule has 2 aliphatic rings. The van der Waals surface area contributed by atoms with Crippen molar-refractivity contribution in [3.63, 3.8) is 0 Å². The fourth-order valence-corrected chi connectivity index (χ4v) is 16.0. The van der Waals surface area contributed by atoms with Crippen LogP contribution in [-0.4, -0.2) is 372 Å². The lowest BCUT2D eigenvalue weighted by Crippen LogP contribution is -2.62. The summed E-state index contributed by atoms with van der Waals surface area (Å²) in [7, 11) is 0. The number of carboxylic acids is 3. The number of guanidine groups is 1. The highest BCUT2D eigenvalue weighted by atomic mass is 32.2. The number of carbonyl (C=O) groups is 24. The average Bonchev–Trinajstić information content (AvgIpc) is 1.67. The molecule has 0 unspecified atom stereocenters. The van der Waals surface area contributed by atoms with Crippen LogP contribution in [0.5, 0.6) is 0 Å². The molecule has 2 aliphatic heterocycles. The lowest BCUT2D eigenvalue weighted by atomic mass is 9.98. The number of thioether (sulfide) groups is 1. The molecule has 57 heteroatoms. The van der Waals surface area contributed by atoms with Crippen LogP contribution in [-0.2, 0) is 115 Å². The molecule has 2 rings (SSSR count). The zero-order valence-corrected chi connectivity index (χ0v) is 86.9. The first-order chi connectivity index (χ1) is 69.1. The van der Waals surface area contributed by atoms with E-state index in [4.69, 9.17) is 28.3 Å². The molecule has 20 atom stereocenters. The van der Waals surface area contributed by atoms with Crippen molar-refractivity contribution < 1.29 is 151 Å². The number of hydrogen-bond donors (Lipinski definition) is 30. The molecule has 2 heterocycles. The van der Waals surface area contributed by atoms with Crippen LogP contribution in [0.3, 0.4) is 0 Å². The maximum atomic E-state index is 14.5. The number of aliphatic hydroxyl groups is 4. The summed E-state index contributed by atoms with van der Waals surface area (Å²) in [6.07, 6.45) is -7.66. The summed E-state index contributed by atoms with van der Waals surface area (Å²) in [4.78, 5) is 326. The molecule has 56 nitrogen and oxygen atoms in total. The van der Waals surface area contributed by atoms with E-state index in [-0.39, 0.29) is 127 Å². The van der Waals surface area contributed by atoms with E-state index in [1.807, 2.05) is 0 Å². The van der Waals surface area contributed by atoms with E-state index in [1.165, 1.54) is 39.5 Å². The van der Waals surface area contributed by atoms with Gasteiger partial charge >= 0.3 is 17.9 Å². The number of nitrogens with two attached hydrogens (primary N) is 4. The van der Waals surface area contributed by atoms with Crippen LogP contribution in [0, 0.1) is 35.0 Å². The van der Waals surface area contributed by atoms with Gasteiger partial charge in [-0.25, -0.2) is 4.79 Å². The van der Waals surface area contributed by atoms with Crippen molar-refractivity contribution in [1.82, 2.24) is 106 Å². The van der Waals surface area contributed by atoms with Gasteiger partial charge in [-0.2, -0.15) is 11.8 Å². The molecule has 0 spiro atoms. The van der Waals surface area contributed by atoms with Crippen LogP contribution >= 0.6 is 11.8 Å². The Morgan fingerprint density at radius 3 is 1.11 bits per heavy atom. The van der Waals surface area contributed by atoms with Gasteiger partial charge in [0, 0.05) is 45.3 Å². The zero-order chi connectivity index (χ0) is 113. The first-order valence-electron chi connectivity index (χ1n) is 49.0. The van der Waals surface area contributed by atoms with E-state index >= 15 is 0 Å². The van der Waals surface area contributed by atoms with Gasteiger partial charge in [-0.05, 0) is 159 Å².